The van der Waals surface area contributed by atoms with E-state index in [-0.39, 0.29) is 29.8 Å². The quantitative estimate of drug-likeness (QED) is 0.395. The van der Waals surface area contributed by atoms with E-state index in [0.29, 0.717) is 19.6 Å². The van der Waals surface area contributed by atoms with Gasteiger partial charge in [0, 0.05) is 43.9 Å². The molecule has 0 spiro atoms. The molecule has 0 radical (unpaired) electrons. The average molecular weight is 292 g/mol. The summed E-state index contributed by atoms with van der Waals surface area (Å²) in [5.74, 6) is -0.533. The van der Waals surface area contributed by atoms with Gasteiger partial charge in [-0.15, -0.1) is 0 Å². The maximum atomic E-state index is 11.7. The molecule has 2 amide bonds. The largest absolute Gasteiger partial charge is 0.383 e. The van der Waals surface area contributed by atoms with E-state index in [0.717, 1.165) is 5.69 Å². The number of carbonyl (C=O) groups excluding carboxylic acids is 2. The molecule has 1 aliphatic rings. The van der Waals surface area contributed by atoms with Crippen molar-refractivity contribution in [3.8, 4) is 0 Å². The molecule has 0 unspecified atom stereocenters. The molecule has 21 heavy (non-hydrogen) atoms. The molecule has 1 fully saturated rings. The minimum Gasteiger partial charge on any atom is -0.383 e. The second-order valence-corrected chi connectivity index (χ2v) is 4.73. The maximum Gasteiger partial charge on any atom is 0.269 e. The Bertz CT molecular complexity index is 544. The fourth-order valence-electron chi connectivity index (χ4n) is 2.03. The lowest BCUT2D eigenvalue weighted by Crippen LogP contribution is -2.34. The zero-order chi connectivity index (χ0) is 15.2. The Labute approximate surface area is 121 Å². The predicted octanol–water partition coefficient (Wildman–Crippen LogP) is 0.259. The number of rotatable bonds is 6. The van der Waals surface area contributed by atoms with E-state index in [4.69, 9.17) is 0 Å². The van der Waals surface area contributed by atoms with Crippen molar-refractivity contribution in [1.82, 2.24) is 10.6 Å². The second-order valence-electron chi connectivity index (χ2n) is 4.73. The minimum atomic E-state index is -0.457. The van der Waals surface area contributed by atoms with Crippen LogP contribution < -0.4 is 16.0 Å². The monoisotopic (exact) mass is 292 g/mol. The van der Waals surface area contributed by atoms with E-state index in [1.807, 2.05) is 0 Å². The lowest BCUT2D eigenvalue weighted by molar-refractivity contribution is -0.384. The number of amides is 2. The minimum absolute atomic E-state index is 0.0345. The van der Waals surface area contributed by atoms with Gasteiger partial charge >= 0.3 is 0 Å². The van der Waals surface area contributed by atoms with Gasteiger partial charge in [0.25, 0.3) is 5.69 Å². The van der Waals surface area contributed by atoms with Gasteiger partial charge in [0.2, 0.25) is 11.8 Å². The lowest BCUT2D eigenvalue weighted by Gasteiger charge is -2.10. The Kier molecular flexibility index (Phi) is 4.70. The number of nitro benzene ring substituents is 1. The van der Waals surface area contributed by atoms with E-state index in [1.54, 1.807) is 12.1 Å². The van der Waals surface area contributed by atoms with Crippen LogP contribution in [0, 0.1) is 16.0 Å². The summed E-state index contributed by atoms with van der Waals surface area (Å²) in [5.41, 5.74) is 0.778. The third-order valence-corrected chi connectivity index (χ3v) is 3.18. The highest BCUT2D eigenvalue weighted by Crippen LogP contribution is 2.14. The summed E-state index contributed by atoms with van der Waals surface area (Å²) in [6, 6.07) is 6.05. The third-order valence-electron chi connectivity index (χ3n) is 3.18. The standard InChI is InChI=1S/C13H16N4O4/c18-12-7-9(8-16-12)13(19)15-6-5-14-10-1-3-11(4-2-10)17(20)21/h1-4,9,14H,5-8H2,(H,15,19)(H,16,18)/t9-/m0/s1. The zero-order valence-corrected chi connectivity index (χ0v) is 11.3. The number of anilines is 1. The molecule has 0 aromatic heterocycles. The third kappa shape index (κ3) is 4.16. The number of nitrogens with zero attached hydrogens (tertiary/aromatic N) is 1. The summed E-state index contributed by atoms with van der Waals surface area (Å²) < 4.78 is 0. The second kappa shape index (κ2) is 6.69. The van der Waals surface area contributed by atoms with Crippen molar-refractivity contribution < 1.29 is 14.5 Å². The van der Waals surface area contributed by atoms with E-state index >= 15 is 0 Å². The molecular formula is C13H16N4O4. The van der Waals surface area contributed by atoms with Gasteiger partial charge in [-0.1, -0.05) is 0 Å². The van der Waals surface area contributed by atoms with E-state index in [2.05, 4.69) is 16.0 Å². The molecular weight excluding hydrogens is 276 g/mol. The maximum absolute atomic E-state index is 11.7. The Hall–Kier alpha value is -2.64. The molecule has 0 bridgehead atoms. The van der Waals surface area contributed by atoms with Crippen LogP contribution in [0.25, 0.3) is 0 Å². The van der Waals surface area contributed by atoms with Crippen molar-refractivity contribution in [3.05, 3.63) is 34.4 Å². The van der Waals surface area contributed by atoms with Gasteiger partial charge in [0.05, 0.1) is 10.8 Å². The van der Waals surface area contributed by atoms with Gasteiger partial charge in [-0.25, -0.2) is 0 Å². The summed E-state index contributed by atoms with van der Waals surface area (Å²) >= 11 is 0. The van der Waals surface area contributed by atoms with Crippen LogP contribution in [0.1, 0.15) is 6.42 Å². The molecule has 8 nitrogen and oxygen atoms in total. The molecule has 0 saturated carbocycles. The molecule has 8 heteroatoms. The Morgan fingerprint density at radius 3 is 2.62 bits per heavy atom. The van der Waals surface area contributed by atoms with Crippen LogP contribution >= 0.6 is 0 Å². The van der Waals surface area contributed by atoms with Crippen molar-refractivity contribution in [2.75, 3.05) is 25.0 Å². The molecule has 1 atom stereocenters. The highest BCUT2D eigenvalue weighted by Gasteiger charge is 2.27. The first-order chi connectivity index (χ1) is 10.1. The van der Waals surface area contributed by atoms with Gasteiger partial charge in [0.15, 0.2) is 0 Å². The molecule has 2 rings (SSSR count). The number of hydrogen-bond donors (Lipinski definition) is 3. The molecule has 0 aliphatic carbocycles. The van der Waals surface area contributed by atoms with Crippen LogP contribution in [0.4, 0.5) is 11.4 Å². The van der Waals surface area contributed by atoms with Crippen molar-refractivity contribution in [2.24, 2.45) is 5.92 Å². The first kappa shape index (κ1) is 14.8. The number of carbonyl (C=O) groups is 2. The molecule has 1 aliphatic heterocycles. The molecule has 1 heterocycles. The van der Waals surface area contributed by atoms with Crippen LogP contribution in [0.2, 0.25) is 0 Å². The number of nitro groups is 1. The fraction of sp³-hybridized carbons (Fsp3) is 0.385. The van der Waals surface area contributed by atoms with Gasteiger partial charge in [-0.2, -0.15) is 0 Å². The van der Waals surface area contributed by atoms with Crippen LogP contribution in [-0.4, -0.2) is 36.4 Å². The van der Waals surface area contributed by atoms with Gasteiger partial charge in [-0.05, 0) is 12.1 Å². The highest BCUT2D eigenvalue weighted by molar-refractivity contribution is 5.89. The molecule has 3 N–H and O–H groups in total. The highest BCUT2D eigenvalue weighted by atomic mass is 16.6. The summed E-state index contributed by atoms with van der Waals surface area (Å²) in [6.45, 7) is 1.30. The normalized spacial score (nSPS) is 17.1. The summed E-state index contributed by atoms with van der Waals surface area (Å²) in [4.78, 5) is 32.8. The Morgan fingerprint density at radius 1 is 1.33 bits per heavy atom. The summed E-state index contributed by atoms with van der Waals surface area (Å²) in [6.07, 6.45) is 0.238. The van der Waals surface area contributed by atoms with Gasteiger partial charge in [0.1, 0.15) is 0 Å². The van der Waals surface area contributed by atoms with Crippen molar-refractivity contribution in [3.63, 3.8) is 0 Å². The first-order valence-electron chi connectivity index (χ1n) is 6.59. The smallest absolute Gasteiger partial charge is 0.269 e. The first-order valence-corrected chi connectivity index (χ1v) is 6.59. The zero-order valence-electron chi connectivity index (χ0n) is 11.3. The molecule has 112 valence electrons. The molecule has 1 aromatic rings. The van der Waals surface area contributed by atoms with Crippen molar-refractivity contribution in [1.29, 1.82) is 0 Å². The predicted molar refractivity (Wildman–Crippen MR) is 75.7 cm³/mol. The number of nitrogens with one attached hydrogen (secondary N) is 3. The average Bonchev–Trinajstić information content (AvgIpc) is 2.90. The number of non-ortho nitro benzene ring substituents is 1. The molecule has 1 aromatic carbocycles. The summed E-state index contributed by atoms with van der Waals surface area (Å²) in [5, 5.41) is 18.9. The molecule has 1 saturated heterocycles. The van der Waals surface area contributed by atoms with E-state index in [9.17, 15) is 19.7 Å². The van der Waals surface area contributed by atoms with E-state index in [1.165, 1.54) is 12.1 Å². The number of hydrogen-bond acceptors (Lipinski definition) is 5. The van der Waals surface area contributed by atoms with Crippen molar-refractivity contribution >= 4 is 23.2 Å². The van der Waals surface area contributed by atoms with Crippen LogP contribution in [0.5, 0.6) is 0 Å². The van der Waals surface area contributed by atoms with Crippen LogP contribution in [-0.2, 0) is 9.59 Å². The number of benzene rings is 1. The fourth-order valence-corrected chi connectivity index (χ4v) is 2.03. The van der Waals surface area contributed by atoms with Crippen LogP contribution in [0.15, 0.2) is 24.3 Å². The van der Waals surface area contributed by atoms with E-state index < -0.39 is 4.92 Å². The Balaban J connectivity index is 1.68. The SMILES string of the molecule is O=C1C[C@H](C(=O)NCCNc2ccc([N+](=O)[O-])cc2)CN1. The van der Waals surface area contributed by atoms with Crippen LogP contribution in [0.3, 0.4) is 0 Å². The van der Waals surface area contributed by atoms with Gasteiger partial charge in [-0.3, -0.25) is 19.7 Å². The van der Waals surface area contributed by atoms with Gasteiger partial charge < -0.3 is 16.0 Å². The Morgan fingerprint density at radius 2 is 2.05 bits per heavy atom. The summed E-state index contributed by atoms with van der Waals surface area (Å²) in [7, 11) is 0. The topological polar surface area (TPSA) is 113 Å². The van der Waals surface area contributed by atoms with Crippen molar-refractivity contribution in [2.45, 2.75) is 6.42 Å². The lowest BCUT2D eigenvalue weighted by atomic mass is 10.1.